The molecule has 1 amide bonds. The minimum atomic E-state index is -0.980. The largest absolute Gasteiger partial charge is 0.340 e. The van der Waals surface area contributed by atoms with Crippen LogP contribution in [0, 0.1) is 18.6 Å². The standard InChI is InChI=1S/C16H12F2N4OS/c1-9-15(24-22-21-9)16(23)20-14(11-3-2-6-19-8-11)10-4-5-12(17)13(18)7-10/h2-8,14H,1H3,(H,20,23). The molecule has 0 aliphatic rings. The summed E-state index contributed by atoms with van der Waals surface area (Å²) in [5.41, 5.74) is 1.56. The Kier molecular flexibility index (Phi) is 4.57. The molecule has 1 unspecified atom stereocenters. The van der Waals surface area contributed by atoms with Crippen LogP contribution in [0.5, 0.6) is 0 Å². The Morgan fingerprint density at radius 3 is 2.67 bits per heavy atom. The Bertz CT molecular complexity index is 870. The van der Waals surface area contributed by atoms with Gasteiger partial charge >= 0.3 is 0 Å². The van der Waals surface area contributed by atoms with Gasteiger partial charge in [-0.05, 0) is 47.8 Å². The number of benzene rings is 1. The predicted octanol–water partition coefficient (Wildman–Crippen LogP) is 3.04. The SMILES string of the molecule is Cc1nnsc1C(=O)NC(c1cccnc1)c1ccc(F)c(F)c1. The highest BCUT2D eigenvalue weighted by Crippen LogP contribution is 2.24. The lowest BCUT2D eigenvalue weighted by atomic mass is 9.99. The highest BCUT2D eigenvalue weighted by molar-refractivity contribution is 7.08. The number of nitrogens with one attached hydrogen (secondary N) is 1. The molecule has 24 heavy (non-hydrogen) atoms. The number of rotatable bonds is 4. The van der Waals surface area contributed by atoms with E-state index in [1.54, 1.807) is 31.5 Å². The van der Waals surface area contributed by atoms with Crippen molar-refractivity contribution in [3.63, 3.8) is 0 Å². The lowest BCUT2D eigenvalue weighted by Crippen LogP contribution is -2.29. The van der Waals surface area contributed by atoms with Crippen molar-refractivity contribution in [2.24, 2.45) is 0 Å². The third kappa shape index (κ3) is 3.28. The van der Waals surface area contributed by atoms with Crippen LogP contribution >= 0.6 is 11.5 Å². The molecule has 0 aliphatic carbocycles. The molecule has 0 spiro atoms. The first-order valence-corrected chi connectivity index (χ1v) is 7.78. The molecule has 122 valence electrons. The zero-order valence-electron chi connectivity index (χ0n) is 12.5. The monoisotopic (exact) mass is 346 g/mol. The van der Waals surface area contributed by atoms with Crippen LogP contribution in [0.15, 0.2) is 42.7 Å². The van der Waals surface area contributed by atoms with Crippen molar-refractivity contribution in [3.05, 3.63) is 76.1 Å². The van der Waals surface area contributed by atoms with E-state index < -0.39 is 17.7 Å². The second-order valence-electron chi connectivity index (χ2n) is 5.05. The molecule has 1 atom stereocenters. The van der Waals surface area contributed by atoms with Crippen molar-refractivity contribution >= 4 is 17.4 Å². The quantitative estimate of drug-likeness (QED) is 0.788. The summed E-state index contributed by atoms with van der Waals surface area (Å²) in [6.07, 6.45) is 3.15. The Balaban J connectivity index is 1.98. The van der Waals surface area contributed by atoms with Gasteiger partial charge in [0.15, 0.2) is 11.6 Å². The Hall–Kier alpha value is -2.74. The molecule has 8 heteroatoms. The summed E-state index contributed by atoms with van der Waals surface area (Å²) in [5.74, 6) is -2.31. The number of carbonyl (C=O) groups excluding carboxylic acids is 1. The smallest absolute Gasteiger partial charge is 0.265 e. The number of halogens is 2. The zero-order valence-corrected chi connectivity index (χ0v) is 13.3. The van der Waals surface area contributed by atoms with Crippen LogP contribution in [-0.4, -0.2) is 20.5 Å². The third-order valence-electron chi connectivity index (χ3n) is 3.43. The second kappa shape index (κ2) is 6.79. The molecule has 2 heterocycles. The van der Waals surface area contributed by atoms with Crippen LogP contribution in [0.1, 0.15) is 32.5 Å². The Morgan fingerprint density at radius 2 is 2.04 bits per heavy atom. The van der Waals surface area contributed by atoms with E-state index in [1.165, 1.54) is 6.07 Å². The molecule has 5 nitrogen and oxygen atoms in total. The summed E-state index contributed by atoms with van der Waals surface area (Å²) in [6.45, 7) is 1.68. The average Bonchev–Trinajstić information content (AvgIpc) is 3.02. The lowest BCUT2D eigenvalue weighted by Gasteiger charge is -2.19. The summed E-state index contributed by atoms with van der Waals surface area (Å²) in [4.78, 5) is 16.9. The normalized spacial score (nSPS) is 12.0. The molecule has 0 saturated carbocycles. The van der Waals surface area contributed by atoms with E-state index in [4.69, 9.17) is 0 Å². The van der Waals surface area contributed by atoms with Crippen LogP contribution in [0.4, 0.5) is 8.78 Å². The van der Waals surface area contributed by atoms with Gasteiger partial charge in [-0.2, -0.15) is 0 Å². The topological polar surface area (TPSA) is 67.8 Å². The maximum Gasteiger partial charge on any atom is 0.265 e. The highest BCUT2D eigenvalue weighted by atomic mass is 32.1. The summed E-state index contributed by atoms with van der Waals surface area (Å²) >= 11 is 0.973. The van der Waals surface area contributed by atoms with Crippen molar-refractivity contribution in [3.8, 4) is 0 Å². The van der Waals surface area contributed by atoms with Crippen molar-refractivity contribution < 1.29 is 13.6 Å². The van der Waals surface area contributed by atoms with Crippen molar-refractivity contribution in [1.29, 1.82) is 0 Å². The van der Waals surface area contributed by atoms with Gasteiger partial charge in [0.05, 0.1) is 11.7 Å². The number of hydrogen-bond acceptors (Lipinski definition) is 5. The molecule has 0 radical (unpaired) electrons. The molecule has 0 saturated heterocycles. The third-order valence-corrected chi connectivity index (χ3v) is 4.25. The Morgan fingerprint density at radius 1 is 1.21 bits per heavy atom. The molecule has 2 aromatic heterocycles. The fourth-order valence-corrected chi connectivity index (χ4v) is 2.79. The fraction of sp³-hybridized carbons (Fsp3) is 0.125. The number of aryl methyl sites for hydroxylation is 1. The van der Waals surface area contributed by atoms with Crippen LogP contribution in [-0.2, 0) is 0 Å². The molecular weight excluding hydrogens is 334 g/mol. The summed E-state index contributed by atoms with van der Waals surface area (Å²) in [5, 5.41) is 6.60. The Labute approximate surface area is 140 Å². The van der Waals surface area contributed by atoms with E-state index in [1.807, 2.05) is 0 Å². The number of aromatic nitrogens is 3. The molecule has 3 aromatic rings. The van der Waals surface area contributed by atoms with Crippen LogP contribution < -0.4 is 5.32 Å². The molecule has 0 bridgehead atoms. The number of carbonyl (C=O) groups is 1. The second-order valence-corrected chi connectivity index (χ2v) is 5.81. The number of hydrogen-bond donors (Lipinski definition) is 1. The number of pyridine rings is 1. The van der Waals surface area contributed by atoms with E-state index in [9.17, 15) is 13.6 Å². The van der Waals surface area contributed by atoms with Gasteiger partial charge < -0.3 is 5.32 Å². The van der Waals surface area contributed by atoms with Crippen molar-refractivity contribution in [2.45, 2.75) is 13.0 Å². The minimum absolute atomic E-state index is 0.367. The summed E-state index contributed by atoms with van der Waals surface area (Å²) in [7, 11) is 0. The maximum absolute atomic E-state index is 13.6. The minimum Gasteiger partial charge on any atom is -0.340 e. The van der Waals surface area contributed by atoms with Crippen molar-refractivity contribution in [1.82, 2.24) is 19.9 Å². The number of amides is 1. The first-order valence-electron chi connectivity index (χ1n) is 7.01. The van der Waals surface area contributed by atoms with Gasteiger partial charge in [-0.1, -0.05) is 16.6 Å². The van der Waals surface area contributed by atoms with Crippen molar-refractivity contribution in [2.75, 3.05) is 0 Å². The average molecular weight is 346 g/mol. The molecule has 1 aromatic carbocycles. The van der Waals surface area contributed by atoms with E-state index in [-0.39, 0.29) is 5.91 Å². The molecule has 1 N–H and O–H groups in total. The first-order chi connectivity index (χ1) is 11.6. The molecule has 0 aliphatic heterocycles. The maximum atomic E-state index is 13.6. The van der Waals surface area contributed by atoms with Crippen LogP contribution in [0.2, 0.25) is 0 Å². The van der Waals surface area contributed by atoms with Gasteiger partial charge in [-0.25, -0.2) is 8.78 Å². The van der Waals surface area contributed by atoms with E-state index in [0.29, 0.717) is 21.7 Å². The predicted molar refractivity (Wildman–Crippen MR) is 84.6 cm³/mol. The van der Waals surface area contributed by atoms with E-state index >= 15 is 0 Å². The van der Waals surface area contributed by atoms with Crippen LogP contribution in [0.3, 0.4) is 0 Å². The summed E-state index contributed by atoms with van der Waals surface area (Å²) in [6, 6.07) is 6.28. The summed E-state index contributed by atoms with van der Waals surface area (Å²) < 4.78 is 30.6. The van der Waals surface area contributed by atoms with Gasteiger partial charge in [0.25, 0.3) is 5.91 Å². The van der Waals surface area contributed by atoms with E-state index in [2.05, 4.69) is 19.9 Å². The van der Waals surface area contributed by atoms with Crippen LogP contribution in [0.25, 0.3) is 0 Å². The molecule has 3 rings (SSSR count). The van der Waals surface area contributed by atoms with Gasteiger partial charge in [0, 0.05) is 12.4 Å². The van der Waals surface area contributed by atoms with Gasteiger partial charge in [-0.15, -0.1) is 5.10 Å². The lowest BCUT2D eigenvalue weighted by molar-refractivity contribution is 0.0946. The molecular formula is C16H12F2N4OS. The highest BCUT2D eigenvalue weighted by Gasteiger charge is 2.22. The van der Waals surface area contributed by atoms with Gasteiger partial charge in [0.2, 0.25) is 0 Å². The number of nitrogens with zero attached hydrogens (tertiary/aromatic N) is 3. The zero-order chi connectivity index (χ0) is 17.1. The van der Waals surface area contributed by atoms with Gasteiger partial charge in [0.1, 0.15) is 4.88 Å². The first kappa shape index (κ1) is 16.1. The fourth-order valence-electron chi connectivity index (χ4n) is 2.23. The van der Waals surface area contributed by atoms with E-state index in [0.717, 1.165) is 23.7 Å². The van der Waals surface area contributed by atoms with Gasteiger partial charge in [-0.3, -0.25) is 9.78 Å². The molecule has 0 fully saturated rings.